The Labute approximate surface area is 114 Å². The molecule has 1 heterocycles. The number of nitro benzene ring substituents is 1. The first-order valence-corrected chi connectivity index (χ1v) is 6.42. The molecule has 1 atom stereocenters. The van der Waals surface area contributed by atoms with Crippen LogP contribution in [0.5, 0.6) is 0 Å². The maximum absolute atomic E-state index is 12.3. The first kappa shape index (κ1) is 12.5. The molecule has 102 valence electrons. The molecule has 0 spiro atoms. The van der Waals surface area contributed by atoms with Crippen LogP contribution in [-0.2, 0) is 0 Å². The summed E-state index contributed by atoms with van der Waals surface area (Å²) in [6.45, 7) is 0. The molecule has 1 aromatic carbocycles. The molecule has 2 amide bonds. The number of hydrogen-bond acceptors (Lipinski definition) is 4. The zero-order valence-corrected chi connectivity index (χ0v) is 10.6. The molecule has 1 unspecified atom stereocenters. The van der Waals surface area contributed by atoms with Crippen LogP contribution in [0.25, 0.3) is 0 Å². The molecule has 0 N–H and O–H groups in total. The van der Waals surface area contributed by atoms with Crippen LogP contribution in [0.2, 0.25) is 0 Å². The predicted molar refractivity (Wildman–Crippen MR) is 70.4 cm³/mol. The number of allylic oxidation sites excluding steroid dienone is 1. The number of carbonyl (C=O) groups is 2. The summed E-state index contributed by atoms with van der Waals surface area (Å²) >= 11 is 0. The molecule has 20 heavy (non-hydrogen) atoms. The first-order valence-electron chi connectivity index (χ1n) is 6.42. The van der Waals surface area contributed by atoms with Gasteiger partial charge in [0.2, 0.25) is 0 Å². The number of benzene rings is 1. The molecule has 0 radical (unpaired) electrons. The summed E-state index contributed by atoms with van der Waals surface area (Å²) in [5.74, 6) is -0.804. The number of nitrogens with zero attached hydrogens (tertiary/aromatic N) is 2. The zero-order chi connectivity index (χ0) is 14.3. The van der Waals surface area contributed by atoms with E-state index in [9.17, 15) is 19.7 Å². The third-order valence-electron chi connectivity index (χ3n) is 3.67. The zero-order valence-electron chi connectivity index (χ0n) is 10.6. The van der Waals surface area contributed by atoms with Gasteiger partial charge in [0.25, 0.3) is 17.5 Å². The van der Waals surface area contributed by atoms with Gasteiger partial charge in [0, 0.05) is 12.1 Å². The average molecular weight is 272 g/mol. The Morgan fingerprint density at radius 2 is 1.95 bits per heavy atom. The molecule has 0 aromatic heterocycles. The number of rotatable bonds is 2. The third-order valence-corrected chi connectivity index (χ3v) is 3.67. The van der Waals surface area contributed by atoms with E-state index in [0.717, 1.165) is 19.3 Å². The predicted octanol–water partition coefficient (Wildman–Crippen LogP) is 2.30. The molecule has 2 aliphatic rings. The molecule has 0 saturated heterocycles. The molecule has 3 rings (SSSR count). The van der Waals surface area contributed by atoms with Gasteiger partial charge in [-0.3, -0.25) is 24.6 Å². The molecule has 0 saturated carbocycles. The van der Waals surface area contributed by atoms with E-state index in [0.29, 0.717) is 0 Å². The second-order valence-corrected chi connectivity index (χ2v) is 4.89. The Bertz CT molecular complexity index is 651. The quantitative estimate of drug-likeness (QED) is 0.358. The number of imide groups is 1. The van der Waals surface area contributed by atoms with Crippen molar-refractivity contribution in [3.63, 3.8) is 0 Å². The molecule has 1 aliphatic heterocycles. The summed E-state index contributed by atoms with van der Waals surface area (Å²) in [5.41, 5.74) is 0.202. The number of fused-ring (bicyclic) bond motifs is 1. The van der Waals surface area contributed by atoms with E-state index < -0.39 is 10.8 Å². The van der Waals surface area contributed by atoms with Crippen LogP contribution < -0.4 is 0 Å². The Balaban J connectivity index is 2.01. The minimum absolute atomic E-state index is 0.128. The van der Waals surface area contributed by atoms with Crippen LogP contribution in [0.4, 0.5) is 5.69 Å². The van der Waals surface area contributed by atoms with Gasteiger partial charge < -0.3 is 0 Å². The fourth-order valence-electron chi connectivity index (χ4n) is 2.67. The number of carbonyl (C=O) groups excluding carboxylic acids is 2. The van der Waals surface area contributed by atoms with E-state index in [1.165, 1.54) is 23.1 Å². The topological polar surface area (TPSA) is 80.5 Å². The molecule has 6 heteroatoms. The van der Waals surface area contributed by atoms with Gasteiger partial charge in [-0.05, 0) is 25.3 Å². The van der Waals surface area contributed by atoms with Crippen LogP contribution in [-0.4, -0.2) is 27.7 Å². The van der Waals surface area contributed by atoms with E-state index in [1.54, 1.807) is 0 Å². The average Bonchev–Trinajstić information content (AvgIpc) is 2.71. The van der Waals surface area contributed by atoms with Crippen LogP contribution in [0, 0.1) is 10.1 Å². The minimum Gasteiger partial charge on any atom is -0.269 e. The fourth-order valence-corrected chi connectivity index (χ4v) is 2.67. The summed E-state index contributed by atoms with van der Waals surface area (Å²) in [6, 6.07) is 3.56. The highest BCUT2D eigenvalue weighted by Gasteiger charge is 2.40. The standard InChI is InChI=1S/C14H12N2O4/c17-13-11-7-6-10(16(19)20)8-12(11)14(18)15(13)9-4-2-1-3-5-9/h2,4,6-9H,1,3,5H2. The SMILES string of the molecule is O=C1c2ccc([N+](=O)[O-])cc2C(=O)N1C1C=CCCC1. The number of hydrogen-bond donors (Lipinski definition) is 0. The lowest BCUT2D eigenvalue weighted by Crippen LogP contribution is -2.39. The van der Waals surface area contributed by atoms with Gasteiger partial charge in [-0.2, -0.15) is 0 Å². The van der Waals surface area contributed by atoms with Gasteiger partial charge in [-0.25, -0.2) is 0 Å². The van der Waals surface area contributed by atoms with Crippen molar-refractivity contribution in [2.24, 2.45) is 0 Å². The Hall–Kier alpha value is -2.50. The lowest BCUT2D eigenvalue weighted by Gasteiger charge is -2.25. The molecular formula is C14H12N2O4. The van der Waals surface area contributed by atoms with Crippen molar-refractivity contribution in [2.75, 3.05) is 0 Å². The van der Waals surface area contributed by atoms with E-state index in [2.05, 4.69) is 0 Å². The first-order chi connectivity index (χ1) is 9.59. The summed E-state index contributed by atoms with van der Waals surface area (Å²) in [6.07, 6.45) is 6.43. The number of amides is 2. The van der Waals surface area contributed by atoms with Gasteiger partial charge >= 0.3 is 0 Å². The highest BCUT2D eigenvalue weighted by Crippen LogP contribution is 2.30. The highest BCUT2D eigenvalue weighted by molar-refractivity contribution is 6.22. The van der Waals surface area contributed by atoms with Crippen LogP contribution in [0.3, 0.4) is 0 Å². The lowest BCUT2D eigenvalue weighted by molar-refractivity contribution is -0.384. The smallest absolute Gasteiger partial charge is 0.269 e. The van der Waals surface area contributed by atoms with E-state index in [-0.39, 0.29) is 28.8 Å². The Morgan fingerprint density at radius 3 is 2.60 bits per heavy atom. The number of nitro groups is 1. The van der Waals surface area contributed by atoms with Crippen molar-refractivity contribution in [3.8, 4) is 0 Å². The van der Waals surface area contributed by atoms with Crippen LogP contribution >= 0.6 is 0 Å². The maximum Gasteiger partial charge on any atom is 0.270 e. The van der Waals surface area contributed by atoms with Crippen molar-refractivity contribution in [3.05, 3.63) is 51.6 Å². The fraction of sp³-hybridized carbons (Fsp3) is 0.286. The second-order valence-electron chi connectivity index (χ2n) is 4.89. The minimum atomic E-state index is -0.568. The summed E-state index contributed by atoms with van der Waals surface area (Å²) in [5, 5.41) is 10.8. The van der Waals surface area contributed by atoms with Crippen molar-refractivity contribution in [1.82, 2.24) is 4.90 Å². The summed E-state index contributed by atoms with van der Waals surface area (Å²) in [7, 11) is 0. The lowest BCUT2D eigenvalue weighted by atomic mass is 10.0. The van der Waals surface area contributed by atoms with Crippen LogP contribution in [0.15, 0.2) is 30.4 Å². The van der Waals surface area contributed by atoms with E-state index >= 15 is 0 Å². The molecule has 0 fully saturated rings. The van der Waals surface area contributed by atoms with E-state index in [1.807, 2.05) is 12.2 Å². The van der Waals surface area contributed by atoms with Crippen molar-refractivity contribution in [1.29, 1.82) is 0 Å². The van der Waals surface area contributed by atoms with Crippen molar-refractivity contribution in [2.45, 2.75) is 25.3 Å². The van der Waals surface area contributed by atoms with Gasteiger partial charge in [0.05, 0.1) is 22.1 Å². The van der Waals surface area contributed by atoms with E-state index in [4.69, 9.17) is 0 Å². The van der Waals surface area contributed by atoms with Crippen molar-refractivity contribution >= 4 is 17.5 Å². The third kappa shape index (κ3) is 1.80. The monoisotopic (exact) mass is 272 g/mol. The maximum atomic E-state index is 12.3. The summed E-state index contributed by atoms with van der Waals surface area (Å²) in [4.78, 5) is 36.0. The second kappa shape index (κ2) is 4.56. The van der Waals surface area contributed by atoms with Gasteiger partial charge in [0.15, 0.2) is 0 Å². The largest absolute Gasteiger partial charge is 0.270 e. The molecule has 1 aromatic rings. The normalized spacial score (nSPS) is 21.2. The van der Waals surface area contributed by atoms with Crippen molar-refractivity contribution < 1.29 is 14.5 Å². The number of non-ortho nitro benzene ring substituents is 1. The molecule has 1 aliphatic carbocycles. The Kier molecular flexibility index (Phi) is 2.85. The Morgan fingerprint density at radius 1 is 1.20 bits per heavy atom. The molecule has 6 nitrogen and oxygen atoms in total. The highest BCUT2D eigenvalue weighted by atomic mass is 16.6. The molecule has 0 bridgehead atoms. The van der Waals surface area contributed by atoms with Gasteiger partial charge in [0.1, 0.15) is 0 Å². The van der Waals surface area contributed by atoms with Gasteiger partial charge in [-0.1, -0.05) is 12.2 Å². The van der Waals surface area contributed by atoms with Gasteiger partial charge in [-0.15, -0.1) is 0 Å². The van der Waals surface area contributed by atoms with Crippen LogP contribution in [0.1, 0.15) is 40.0 Å². The summed E-state index contributed by atoms with van der Waals surface area (Å²) < 4.78 is 0. The molecular weight excluding hydrogens is 260 g/mol.